The quantitative estimate of drug-likeness (QED) is 0.792. The molecule has 0 radical (unpaired) electrons. The molecule has 26 heavy (non-hydrogen) atoms. The third-order valence-corrected chi connectivity index (χ3v) is 5.72. The van der Waals surface area contributed by atoms with Gasteiger partial charge < -0.3 is 19.5 Å². The molecule has 2 aromatic rings. The van der Waals surface area contributed by atoms with Gasteiger partial charge in [-0.15, -0.1) is 0 Å². The molecule has 2 aromatic carbocycles. The van der Waals surface area contributed by atoms with Crippen LogP contribution in [0.2, 0.25) is 5.02 Å². The van der Waals surface area contributed by atoms with Crippen LogP contribution in [0.4, 0.5) is 5.69 Å². The number of hydrogen-bond acceptors (Lipinski definition) is 4. The lowest BCUT2D eigenvalue weighted by atomic mass is 9.77. The Labute approximate surface area is 159 Å². The van der Waals surface area contributed by atoms with Crippen molar-refractivity contribution in [3.05, 3.63) is 52.0 Å². The summed E-state index contributed by atoms with van der Waals surface area (Å²) in [5.41, 5.74) is 4.75. The highest BCUT2D eigenvalue weighted by molar-refractivity contribution is 6.32. The van der Waals surface area contributed by atoms with E-state index in [4.69, 9.17) is 25.8 Å². The van der Waals surface area contributed by atoms with Crippen LogP contribution in [0.1, 0.15) is 41.7 Å². The topological polar surface area (TPSA) is 39.7 Å². The molecule has 0 amide bonds. The van der Waals surface area contributed by atoms with Crippen LogP contribution in [0.5, 0.6) is 11.5 Å². The van der Waals surface area contributed by atoms with Gasteiger partial charge in [-0.2, -0.15) is 0 Å². The van der Waals surface area contributed by atoms with E-state index >= 15 is 0 Å². The van der Waals surface area contributed by atoms with E-state index in [1.807, 2.05) is 12.1 Å². The zero-order valence-corrected chi connectivity index (χ0v) is 16.1. The van der Waals surface area contributed by atoms with Crippen molar-refractivity contribution in [2.24, 2.45) is 5.92 Å². The molecular weight excluding hydrogens is 350 g/mol. The fourth-order valence-corrected chi connectivity index (χ4v) is 4.53. The smallest absolute Gasteiger partial charge is 0.179 e. The molecule has 1 saturated heterocycles. The van der Waals surface area contributed by atoms with Gasteiger partial charge in [-0.05, 0) is 43.5 Å². The van der Waals surface area contributed by atoms with Crippen molar-refractivity contribution in [3.8, 4) is 11.5 Å². The standard InChI is InChI=1S/C21H24ClNO3/c1-12-6-7-17-15(9-12)20-14(5-4-8-26-20)19(23-17)13-10-16(22)21(25-3)18(11-13)24-2/h6-7,9-11,14,19-20,23H,4-5,8H2,1-3H3. The lowest BCUT2D eigenvalue weighted by Crippen LogP contribution is -2.36. The zero-order chi connectivity index (χ0) is 18.3. The van der Waals surface area contributed by atoms with Crippen LogP contribution >= 0.6 is 11.6 Å². The van der Waals surface area contributed by atoms with Gasteiger partial charge >= 0.3 is 0 Å². The molecule has 3 atom stereocenters. The normalized spacial score (nSPS) is 24.2. The number of benzene rings is 2. The molecule has 1 N–H and O–H groups in total. The number of halogens is 1. The molecule has 2 aliphatic heterocycles. The summed E-state index contributed by atoms with van der Waals surface area (Å²) in [5, 5.41) is 4.28. The average molecular weight is 374 g/mol. The average Bonchev–Trinajstić information content (AvgIpc) is 2.66. The van der Waals surface area contributed by atoms with Crippen LogP contribution in [-0.2, 0) is 4.74 Å². The molecule has 2 aliphatic rings. The Morgan fingerprint density at radius 1 is 1.15 bits per heavy atom. The van der Waals surface area contributed by atoms with Crippen molar-refractivity contribution < 1.29 is 14.2 Å². The van der Waals surface area contributed by atoms with E-state index in [-0.39, 0.29) is 12.1 Å². The lowest BCUT2D eigenvalue weighted by Gasteiger charge is -2.43. The first-order valence-corrected chi connectivity index (χ1v) is 9.40. The van der Waals surface area contributed by atoms with Gasteiger partial charge in [0.15, 0.2) is 11.5 Å². The van der Waals surface area contributed by atoms with Crippen molar-refractivity contribution in [1.29, 1.82) is 0 Å². The molecule has 0 aromatic heterocycles. The fourth-order valence-electron chi connectivity index (χ4n) is 4.24. The maximum atomic E-state index is 6.46. The zero-order valence-electron chi connectivity index (χ0n) is 15.3. The fraction of sp³-hybridized carbons (Fsp3) is 0.429. The van der Waals surface area contributed by atoms with Gasteiger partial charge in [0.1, 0.15) is 0 Å². The van der Waals surface area contributed by atoms with Crippen molar-refractivity contribution in [2.75, 3.05) is 26.1 Å². The first kappa shape index (κ1) is 17.5. The Hall–Kier alpha value is -1.91. The Bertz CT molecular complexity index is 823. The summed E-state index contributed by atoms with van der Waals surface area (Å²) in [6.45, 7) is 2.94. The number of hydrogen-bond donors (Lipinski definition) is 1. The third kappa shape index (κ3) is 2.91. The number of nitrogens with one attached hydrogen (secondary N) is 1. The molecule has 5 heteroatoms. The summed E-state index contributed by atoms with van der Waals surface area (Å²) >= 11 is 6.46. The van der Waals surface area contributed by atoms with E-state index in [1.54, 1.807) is 14.2 Å². The minimum Gasteiger partial charge on any atom is -0.493 e. The molecule has 0 spiro atoms. The van der Waals surface area contributed by atoms with Crippen molar-refractivity contribution in [1.82, 2.24) is 0 Å². The number of methoxy groups -OCH3 is 2. The summed E-state index contributed by atoms with van der Waals surface area (Å²) in [7, 11) is 3.24. The van der Waals surface area contributed by atoms with Crippen LogP contribution in [-0.4, -0.2) is 20.8 Å². The Balaban J connectivity index is 1.79. The molecule has 2 heterocycles. The van der Waals surface area contributed by atoms with Crippen LogP contribution in [0.25, 0.3) is 0 Å². The number of aryl methyl sites for hydroxylation is 1. The monoisotopic (exact) mass is 373 g/mol. The number of rotatable bonds is 3. The van der Waals surface area contributed by atoms with Gasteiger partial charge in [0, 0.05) is 23.8 Å². The second kappa shape index (κ2) is 7.01. The highest BCUT2D eigenvalue weighted by Crippen LogP contribution is 2.50. The summed E-state index contributed by atoms with van der Waals surface area (Å²) < 4.78 is 17.1. The second-order valence-electron chi connectivity index (χ2n) is 7.05. The van der Waals surface area contributed by atoms with E-state index in [0.717, 1.165) is 30.7 Å². The first-order valence-electron chi connectivity index (χ1n) is 9.02. The second-order valence-corrected chi connectivity index (χ2v) is 7.46. The van der Waals surface area contributed by atoms with E-state index in [1.165, 1.54) is 11.1 Å². The largest absolute Gasteiger partial charge is 0.493 e. The number of ether oxygens (including phenoxy) is 3. The minimum atomic E-state index is 0.108. The van der Waals surface area contributed by atoms with E-state index in [9.17, 15) is 0 Å². The van der Waals surface area contributed by atoms with Crippen molar-refractivity contribution in [2.45, 2.75) is 31.9 Å². The maximum absolute atomic E-state index is 6.46. The van der Waals surface area contributed by atoms with Crippen molar-refractivity contribution in [3.63, 3.8) is 0 Å². The van der Waals surface area contributed by atoms with Crippen LogP contribution in [0, 0.1) is 12.8 Å². The van der Waals surface area contributed by atoms with E-state index in [0.29, 0.717) is 22.4 Å². The molecule has 4 nitrogen and oxygen atoms in total. The van der Waals surface area contributed by atoms with Gasteiger partial charge in [0.2, 0.25) is 0 Å². The Kier molecular flexibility index (Phi) is 4.72. The highest BCUT2D eigenvalue weighted by atomic mass is 35.5. The molecule has 3 unspecified atom stereocenters. The van der Waals surface area contributed by atoms with E-state index in [2.05, 4.69) is 30.4 Å². The van der Waals surface area contributed by atoms with Gasteiger partial charge in [0.25, 0.3) is 0 Å². The number of anilines is 1. The Morgan fingerprint density at radius 3 is 2.77 bits per heavy atom. The molecule has 0 aliphatic carbocycles. The minimum absolute atomic E-state index is 0.108. The predicted molar refractivity (Wildman–Crippen MR) is 104 cm³/mol. The summed E-state index contributed by atoms with van der Waals surface area (Å²) in [6.07, 6.45) is 2.29. The molecule has 138 valence electrons. The third-order valence-electron chi connectivity index (χ3n) is 5.44. The predicted octanol–water partition coefficient (Wildman–Crippen LogP) is 5.30. The van der Waals surface area contributed by atoms with Gasteiger partial charge in [-0.3, -0.25) is 0 Å². The maximum Gasteiger partial charge on any atom is 0.179 e. The first-order chi connectivity index (χ1) is 12.6. The molecule has 0 saturated carbocycles. The summed E-state index contributed by atoms with van der Waals surface area (Å²) in [5.74, 6) is 1.58. The van der Waals surface area contributed by atoms with Crippen molar-refractivity contribution >= 4 is 17.3 Å². The van der Waals surface area contributed by atoms with Gasteiger partial charge in [-0.25, -0.2) is 0 Å². The molecular formula is C21H24ClNO3. The Morgan fingerprint density at radius 2 is 2.00 bits per heavy atom. The molecule has 1 fully saturated rings. The highest BCUT2D eigenvalue weighted by Gasteiger charge is 2.40. The van der Waals surface area contributed by atoms with Gasteiger partial charge in [-0.1, -0.05) is 29.3 Å². The van der Waals surface area contributed by atoms with Crippen LogP contribution in [0.15, 0.2) is 30.3 Å². The summed E-state index contributed by atoms with van der Waals surface area (Å²) in [4.78, 5) is 0. The molecule has 0 bridgehead atoms. The van der Waals surface area contributed by atoms with Crippen LogP contribution in [0.3, 0.4) is 0 Å². The molecule has 4 rings (SSSR count). The lowest BCUT2D eigenvalue weighted by molar-refractivity contribution is -0.0381. The van der Waals surface area contributed by atoms with Crippen LogP contribution < -0.4 is 14.8 Å². The SMILES string of the molecule is COc1cc(C2Nc3ccc(C)cc3C3OCCCC23)cc(Cl)c1OC. The van der Waals surface area contributed by atoms with Gasteiger partial charge in [0.05, 0.1) is 31.4 Å². The number of fused-ring (bicyclic) bond motifs is 3. The summed E-state index contributed by atoms with van der Waals surface area (Å²) in [6, 6.07) is 10.6. The van der Waals surface area contributed by atoms with E-state index < -0.39 is 0 Å².